The number of carbonyl (C=O) groups excluding carboxylic acids is 1. The molecule has 2 aromatic rings. The number of ether oxygens (including phenoxy) is 1. The van der Waals surface area contributed by atoms with Crippen LogP contribution in [0.15, 0.2) is 57.0 Å². The van der Waals surface area contributed by atoms with Crippen LogP contribution in [0.3, 0.4) is 0 Å². The molecule has 1 fully saturated rings. The number of thiophene rings is 1. The van der Waals surface area contributed by atoms with Crippen LogP contribution in [-0.2, 0) is 49.3 Å². The Bertz CT molecular complexity index is 2290. The summed E-state index contributed by atoms with van der Waals surface area (Å²) in [5.74, 6) is 0.407. The van der Waals surface area contributed by atoms with E-state index in [4.69, 9.17) is 23.2 Å². The van der Waals surface area contributed by atoms with Gasteiger partial charge < -0.3 is 22.9 Å². The van der Waals surface area contributed by atoms with Gasteiger partial charge in [-0.1, -0.05) is 105 Å². The maximum atomic E-state index is 14.1. The fourth-order valence-corrected chi connectivity index (χ4v) is 17.7. The molecule has 0 radical (unpaired) electrons. The van der Waals surface area contributed by atoms with E-state index >= 15 is 0 Å². The quantitative estimate of drug-likeness (QED) is 0.0581. The van der Waals surface area contributed by atoms with Crippen molar-refractivity contribution in [2.24, 2.45) is 17.0 Å². The van der Waals surface area contributed by atoms with Crippen LogP contribution in [0.2, 0.25) is 54.4 Å². The van der Waals surface area contributed by atoms with Gasteiger partial charge >= 0.3 is 0 Å². The van der Waals surface area contributed by atoms with E-state index in [2.05, 4.69) is 144 Å². The summed E-state index contributed by atoms with van der Waals surface area (Å²) in [6.07, 6.45) is 12.4. The number of fused-ring (bicyclic) bond motifs is 1. The SMILES string of the molecule is CCN(C(=O)CCC/C=C\C[C@H]1C(O[Si](C)(C)C(C)(C)C)CC(O[Si](C)(C)C(C)(C)C)[C@@H]1CCC(CCc1ccccc1)O[Si](C)(C)C(C)(C)C)[C@@H]1CN(CCCOC)S(=O)(=O)c2sc(S(N)(=O)=O)cc21. The lowest BCUT2D eigenvalue weighted by Gasteiger charge is -2.41. The molecule has 1 aliphatic heterocycles. The minimum Gasteiger partial charge on any atom is -0.414 e. The van der Waals surface area contributed by atoms with Gasteiger partial charge in [0.1, 0.15) is 8.42 Å². The van der Waals surface area contributed by atoms with Crippen LogP contribution in [0.1, 0.15) is 144 Å². The highest BCUT2D eigenvalue weighted by atomic mass is 32.3. The molecule has 2 heterocycles. The minimum absolute atomic E-state index is 0.0241. The first-order valence-electron chi connectivity index (χ1n) is 26.3. The highest BCUT2D eigenvalue weighted by Crippen LogP contribution is 2.50. The smallest absolute Gasteiger partial charge is 0.253 e. The summed E-state index contributed by atoms with van der Waals surface area (Å²) < 4.78 is 80.9. The third-order valence-corrected chi connectivity index (χ3v) is 35.1. The molecule has 1 aromatic carbocycles. The number of likely N-dealkylation sites (N-methyl/N-ethyl adjacent to an activating group) is 1. The van der Waals surface area contributed by atoms with Gasteiger partial charge in [-0.2, -0.15) is 4.31 Å². The van der Waals surface area contributed by atoms with E-state index in [1.54, 1.807) is 12.0 Å². The van der Waals surface area contributed by atoms with Gasteiger partial charge in [-0.3, -0.25) is 4.79 Å². The summed E-state index contributed by atoms with van der Waals surface area (Å²) >= 11 is 0.650. The Morgan fingerprint density at radius 3 is 1.99 bits per heavy atom. The Morgan fingerprint density at radius 2 is 1.45 bits per heavy atom. The van der Waals surface area contributed by atoms with E-state index in [9.17, 15) is 21.6 Å². The van der Waals surface area contributed by atoms with Crippen molar-refractivity contribution in [2.45, 2.75) is 221 Å². The molecule has 3 unspecified atom stereocenters. The molecule has 1 amide bonds. The number of amides is 1. The van der Waals surface area contributed by atoms with E-state index in [1.807, 2.05) is 6.92 Å². The van der Waals surface area contributed by atoms with Crippen molar-refractivity contribution >= 4 is 62.2 Å². The first-order valence-corrected chi connectivity index (χ1v) is 38.8. The summed E-state index contributed by atoms with van der Waals surface area (Å²) in [4.78, 5) is 15.8. The molecule has 0 spiro atoms. The molecule has 18 heteroatoms. The lowest BCUT2D eigenvalue weighted by atomic mass is 9.85. The van der Waals surface area contributed by atoms with Crippen molar-refractivity contribution in [3.05, 3.63) is 59.7 Å². The van der Waals surface area contributed by atoms with Gasteiger partial charge in [0, 0.05) is 51.4 Å². The predicted molar refractivity (Wildman–Crippen MR) is 300 cm³/mol. The first-order chi connectivity index (χ1) is 32.6. The van der Waals surface area contributed by atoms with Crippen molar-refractivity contribution in [1.29, 1.82) is 0 Å². The number of nitrogens with two attached hydrogens (primary N) is 1. The summed E-state index contributed by atoms with van der Waals surface area (Å²) in [6, 6.07) is 11.5. The summed E-state index contributed by atoms with van der Waals surface area (Å²) in [7, 11) is -13.0. The van der Waals surface area contributed by atoms with Crippen molar-refractivity contribution < 1.29 is 39.6 Å². The number of allylic oxidation sites excluding steroid dienone is 2. The number of methoxy groups -OCH3 is 1. The van der Waals surface area contributed by atoms with E-state index in [0.717, 1.165) is 38.5 Å². The molecule has 1 aliphatic carbocycles. The number of carbonyl (C=O) groups is 1. The molecule has 0 bridgehead atoms. The second-order valence-electron chi connectivity index (χ2n) is 24.9. The largest absolute Gasteiger partial charge is 0.414 e. The predicted octanol–water partition coefficient (Wildman–Crippen LogP) is 12.7. The van der Waals surface area contributed by atoms with Gasteiger partial charge in [0.25, 0.3) is 10.0 Å². The zero-order valence-electron chi connectivity index (χ0n) is 46.9. The number of hydrogen-bond donors (Lipinski definition) is 1. The third kappa shape index (κ3) is 16.2. The fraction of sp³-hybridized carbons (Fsp3) is 0.755. The zero-order valence-corrected chi connectivity index (χ0v) is 52.3. The highest BCUT2D eigenvalue weighted by molar-refractivity contribution is 7.94. The lowest BCUT2D eigenvalue weighted by Crippen LogP contribution is -2.47. The molecule has 71 heavy (non-hydrogen) atoms. The number of aryl methyl sites for hydroxylation is 1. The number of benzene rings is 1. The van der Waals surface area contributed by atoms with E-state index < -0.39 is 51.0 Å². The molecule has 1 saturated carbocycles. The molecule has 2 N–H and O–H groups in total. The van der Waals surface area contributed by atoms with E-state index in [-0.39, 0.29) is 79.1 Å². The van der Waals surface area contributed by atoms with Crippen molar-refractivity contribution in [1.82, 2.24) is 9.21 Å². The molecule has 4 rings (SSSR count). The third-order valence-electron chi connectivity index (χ3n) is 16.6. The fourth-order valence-electron chi connectivity index (χ4n) is 9.21. The summed E-state index contributed by atoms with van der Waals surface area (Å²) in [6.45, 7) is 37.9. The topological polar surface area (TPSA) is 155 Å². The van der Waals surface area contributed by atoms with Gasteiger partial charge in [0.2, 0.25) is 15.9 Å². The Labute approximate surface area is 439 Å². The number of nitrogens with zero attached hydrogens (tertiary/aromatic N) is 2. The highest BCUT2D eigenvalue weighted by Gasteiger charge is 2.51. The summed E-state index contributed by atoms with van der Waals surface area (Å²) in [5.41, 5.74) is 1.65. The Hall–Kier alpha value is -1.56. The average Bonchev–Trinajstić information content (AvgIpc) is 3.83. The molecule has 12 nitrogen and oxygen atoms in total. The maximum Gasteiger partial charge on any atom is 0.253 e. The number of sulfonamides is 2. The summed E-state index contributed by atoms with van der Waals surface area (Å²) in [5, 5.41) is 5.69. The van der Waals surface area contributed by atoms with Crippen LogP contribution < -0.4 is 5.14 Å². The second kappa shape index (κ2) is 24.6. The van der Waals surface area contributed by atoms with E-state index in [1.165, 1.54) is 15.9 Å². The molecular weight excluding hydrogens is 1000 g/mol. The normalized spacial score (nSPS) is 22.3. The minimum atomic E-state index is -4.17. The number of hydrogen-bond acceptors (Lipinski definition) is 10. The van der Waals surface area contributed by atoms with Crippen LogP contribution >= 0.6 is 11.3 Å². The van der Waals surface area contributed by atoms with Gasteiger partial charge in [-0.25, -0.2) is 22.0 Å². The van der Waals surface area contributed by atoms with Crippen LogP contribution in [0.5, 0.6) is 0 Å². The Kier molecular flexibility index (Phi) is 21.5. The number of primary sulfonamides is 1. The van der Waals surface area contributed by atoms with Crippen molar-refractivity contribution in [2.75, 3.05) is 33.4 Å². The van der Waals surface area contributed by atoms with Gasteiger partial charge in [-0.15, -0.1) is 11.3 Å². The number of rotatable bonds is 25. The Balaban J connectivity index is 1.61. The molecule has 2 aliphatic rings. The van der Waals surface area contributed by atoms with Crippen LogP contribution in [-0.4, -0.2) is 109 Å². The zero-order chi connectivity index (χ0) is 53.6. The standard InChI is InChI=1S/C53H95N3O9S3Si3/c1-18-56(45-39-55(35-26-36-62-11)68(60,61)50-44(45)37-49(66-50)67(54,58)59)48(57)30-25-20-19-24-29-42-43(34-33-41(63-69(12,13)51(2,3)4)32-31-40-27-22-21-23-28-40)47(65-71(16,17)53(8,9)10)38-46(42)64-70(14,15)52(5,6)7/h19,21-24,27-28,37,41-43,45-47H,18,20,25-26,29-36,38-39H2,1-17H3,(H2,54,58,59)/b24-19-/t41?,42-,43-,45-,46?,47?/m1/s1. The van der Waals surface area contributed by atoms with E-state index in [0.29, 0.717) is 49.3 Å². The van der Waals surface area contributed by atoms with Gasteiger partial charge in [0.05, 0.1) is 18.2 Å². The van der Waals surface area contributed by atoms with Gasteiger partial charge in [0.15, 0.2) is 25.0 Å². The van der Waals surface area contributed by atoms with Gasteiger partial charge in [-0.05, 0) is 143 Å². The molecule has 6 atom stereocenters. The molecular formula is C53H95N3O9S3Si3. The second-order valence-corrected chi connectivity index (χ2v) is 44.1. The monoisotopic (exact) mass is 1100 g/mol. The maximum absolute atomic E-state index is 14.1. The molecule has 406 valence electrons. The van der Waals surface area contributed by atoms with Crippen LogP contribution in [0.25, 0.3) is 0 Å². The Morgan fingerprint density at radius 1 is 0.873 bits per heavy atom. The molecule has 1 aromatic heterocycles. The first kappa shape index (κ1) is 62.0. The van der Waals surface area contributed by atoms with Crippen LogP contribution in [0, 0.1) is 11.8 Å². The van der Waals surface area contributed by atoms with Crippen molar-refractivity contribution in [3.63, 3.8) is 0 Å². The lowest BCUT2D eigenvalue weighted by molar-refractivity contribution is -0.134. The van der Waals surface area contributed by atoms with Crippen LogP contribution in [0.4, 0.5) is 0 Å². The average molecular weight is 1100 g/mol. The number of unbranched alkanes of at least 4 members (excludes halogenated alkanes) is 1. The molecule has 0 saturated heterocycles. The van der Waals surface area contributed by atoms with Crippen molar-refractivity contribution in [3.8, 4) is 0 Å².